The van der Waals surface area contributed by atoms with E-state index < -0.39 is 39.3 Å². The molecule has 0 saturated heterocycles. The number of benzene rings is 1. The van der Waals surface area contributed by atoms with Crippen LogP contribution in [0.3, 0.4) is 0 Å². The Morgan fingerprint density at radius 3 is 2.58 bits per heavy atom. The Bertz CT molecular complexity index is 723. The van der Waals surface area contributed by atoms with E-state index in [1.54, 1.807) is 53.7 Å². The Labute approximate surface area is 144 Å². The zero-order valence-electron chi connectivity index (χ0n) is 14.8. The molecule has 2 atom stereocenters. The van der Waals surface area contributed by atoms with Crippen LogP contribution in [0, 0.1) is 5.82 Å². The Balaban J connectivity index is 2.37. The van der Waals surface area contributed by atoms with Gasteiger partial charge >= 0.3 is 6.09 Å². The van der Waals surface area contributed by atoms with Gasteiger partial charge in [0, 0.05) is 5.56 Å². The molecule has 0 fully saturated rings. The Morgan fingerprint density at radius 2 is 2.00 bits per heavy atom. The fraction of sp³-hybridized carbons (Fsp3) is 0.529. The molecule has 24 heavy (non-hydrogen) atoms. The zero-order chi connectivity index (χ0) is 18.3. The number of fused-ring (bicyclic) bond motifs is 1. The van der Waals surface area contributed by atoms with Gasteiger partial charge in [0.25, 0.3) is 0 Å². The number of hydrogen-bond donors (Lipinski definition) is 1. The number of rotatable bonds is 2. The van der Waals surface area contributed by atoms with Gasteiger partial charge in [-0.1, -0.05) is 12.1 Å². The summed E-state index contributed by atoms with van der Waals surface area (Å²) in [4.78, 5) is 12.0. The zero-order valence-corrected chi connectivity index (χ0v) is 15.6. The van der Waals surface area contributed by atoms with Gasteiger partial charge in [-0.2, -0.15) is 4.40 Å². The van der Waals surface area contributed by atoms with Crippen LogP contribution in [0.15, 0.2) is 22.6 Å². The number of nitrogens with one attached hydrogen (secondary N) is 1. The Morgan fingerprint density at radius 1 is 1.38 bits per heavy atom. The molecule has 1 unspecified atom stereocenters. The summed E-state index contributed by atoms with van der Waals surface area (Å²) in [5.41, 5.74) is 0.521. The SMILES string of the molecule is C[C@H](NC(=O)OC(C)(C)C)C1=NS(=O)C(C)(C)c2cccc(F)c21. The molecule has 5 nitrogen and oxygen atoms in total. The van der Waals surface area contributed by atoms with Crippen molar-refractivity contribution in [3.05, 3.63) is 35.1 Å². The number of nitrogens with zero attached hydrogens (tertiary/aromatic N) is 1. The highest BCUT2D eigenvalue weighted by Gasteiger charge is 2.39. The van der Waals surface area contributed by atoms with Gasteiger partial charge in [-0.25, -0.2) is 13.4 Å². The minimum Gasteiger partial charge on any atom is -0.444 e. The second-order valence-electron chi connectivity index (χ2n) is 7.27. The minimum absolute atomic E-state index is 0.256. The molecule has 2 rings (SSSR count). The van der Waals surface area contributed by atoms with E-state index >= 15 is 0 Å². The van der Waals surface area contributed by atoms with Crippen LogP contribution in [0.4, 0.5) is 9.18 Å². The quantitative estimate of drug-likeness (QED) is 0.884. The number of hydrogen-bond acceptors (Lipinski definition) is 3. The van der Waals surface area contributed by atoms with Crippen molar-refractivity contribution in [1.82, 2.24) is 5.32 Å². The van der Waals surface area contributed by atoms with Crippen LogP contribution < -0.4 is 5.32 Å². The monoisotopic (exact) mass is 354 g/mol. The van der Waals surface area contributed by atoms with E-state index in [4.69, 9.17) is 4.74 Å². The highest BCUT2D eigenvalue weighted by molar-refractivity contribution is 7.85. The summed E-state index contributed by atoms with van der Waals surface area (Å²) >= 11 is 0. The molecule has 1 N–H and O–H groups in total. The first kappa shape index (κ1) is 18.6. The molecule has 0 aliphatic carbocycles. The second-order valence-corrected chi connectivity index (χ2v) is 8.97. The van der Waals surface area contributed by atoms with Crippen molar-refractivity contribution in [1.29, 1.82) is 0 Å². The highest BCUT2D eigenvalue weighted by Crippen LogP contribution is 2.36. The van der Waals surface area contributed by atoms with Crippen molar-refractivity contribution in [2.45, 2.75) is 57.9 Å². The van der Waals surface area contributed by atoms with E-state index in [0.717, 1.165) is 0 Å². The van der Waals surface area contributed by atoms with Gasteiger partial charge in [0.2, 0.25) is 0 Å². The van der Waals surface area contributed by atoms with Crippen LogP contribution >= 0.6 is 0 Å². The fourth-order valence-corrected chi connectivity index (χ4v) is 3.49. The highest BCUT2D eigenvalue weighted by atomic mass is 32.2. The number of carbonyl (C=O) groups excluding carboxylic acids is 1. The molecule has 1 heterocycles. The largest absolute Gasteiger partial charge is 0.444 e. The lowest BCUT2D eigenvalue weighted by Gasteiger charge is -2.32. The third kappa shape index (κ3) is 3.66. The van der Waals surface area contributed by atoms with E-state index in [9.17, 15) is 13.4 Å². The van der Waals surface area contributed by atoms with E-state index in [0.29, 0.717) is 11.1 Å². The van der Waals surface area contributed by atoms with Crippen molar-refractivity contribution in [3.63, 3.8) is 0 Å². The number of amides is 1. The van der Waals surface area contributed by atoms with E-state index in [1.807, 2.05) is 0 Å². The molecule has 0 bridgehead atoms. The molecule has 7 heteroatoms. The first-order valence-electron chi connectivity index (χ1n) is 7.73. The average molecular weight is 354 g/mol. The molecule has 1 aliphatic rings. The summed E-state index contributed by atoms with van der Waals surface area (Å²) in [6.45, 7) is 10.4. The molecule has 1 aromatic carbocycles. The van der Waals surface area contributed by atoms with Crippen LogP contribution in [0.25, 0.3) is 0 Å². The Kier molecular flexibility index (Phi) is 4.86. The maximum absolute atomic E-state index is 14.4. The standard InChI is InChI=1S/C17H23FN2O3S/c1-10(19-15(21)23-16(2,3)4)14-13-11(8-7-9-12(13)18)17(5,6)24(22)20-14/h7-10H,1-6H3,(H,19,21)/t10-,24?/m0/s1. The lowest BCUT2D eigenvalue weighted by molar-refractivity contribution is 0.0521. The van der Waals surface area contributed by atoms with E-state index in [2.05, 4.69) is 9.71 Å². The molecule has 1 aliphatic heterocycles. The number of ether oxygens (including phenoxy) is 1. The minimum atomic E-state index is -1.58. The summed E-state index contributed by atoms with van der Waals surface area (Å²) in [5, 5.41) is 2.63. The summed E-state index contributed by atoms with van der Waals surface area (Å²) < 4.78 is 35.5. The Hall–Kier alpha value is -1.76. The maximum Gasteiger partial charge on any atom is 0.408 e. The molecule has 0 saturated carbocycles. The van der Waals surface area contributed by atoms with Crippen molar-refractivity contribution >= 4 is 22.8 Å². The van der Waals surface area contributed by atoms with Crippen molar-refractivity contribution in [3.8, 4) is 0 Å². The van der Waals surface area contributed by atoms with Crippen molar-refractivity contribution < 1.29 is 18.1 Å². The number of alkyl carbamates (subject to hydrolysis) is 1. The van der Waals surface area contributed by atoms with Crippen LogP contribution in [0.2, 0.25) is 0 Å². The summed E-state index contributed by atoms with van der Waals surface area (Å²) in [6.07, 6.45) is -0.633. The van der Waals surface area contributed by atoms with E-state index in [1.165, 1.54) is 6.07 Å². The normalized spacial score (nSPS) is 20.6. The first-order chi connectivity index (χ1) is 10.9. The second kappa shape index (κ2) is 6.27. The van der Waals surface area contributed by atoms with Gasteiger partial charge in [-0.15, -0.1) is 0 Å². The molecule has 0 aromatic heterocycles. The molecular weight excluding hydrogens is 331 g/mol. The molecule has 132 valence electrons. The molecular formula is C17H23FN2O3S. The predicted molar refractivity (Wildman–Crippen MR) is 92.9 cm³/mol. The van der Waals surface area contributed by atoms with Gasteiger partial charge in [-0.3, -0.25) is 0 Å². The summed E-state index contributed by atoms with van der Waals surface area (Å²) in [7, 11) is -1.58. The number of carbonyl (C=O) groups is 1. The molecule has 0 spiro atoms. The van der Waals surface area contributed by atoms with Gasteiger partial charge in [0.1, 0.15) is 22.4 Å². The van der Waals surface area contributed by atoms with Crippen molar-refractivity contribution in [2.75, 3.05) is 0 Å². The van der Waals surface area contributed by atoms with Crippen LogP contribution in [-0.2, 0) is 20.5 Å². The smallest absolute Gasteiger partial charge is 0.408 e. The topological polar surface area (TPSA) is 67.8 Å². The van der Waals surface area contributed by atoms with Gasteiger partial charge < -0.3 is 10.1 Å². The molecule has 1 aromatic rings. The predicted octanol–water partition coefficient (Wildman–Crippen LogP) is 3.44. The average Bonchev–Trinajstić information content (AvgIpc) is 2.41. The van der Waals surface area contributed by atoms with Crippen LogP contribution in [-0.4, -0.2) is 27.7 Å². The van der Waals surface area contributed by atoms with Crippen LogP contribution in [0.1, 0.15) is 52.7 Å². The van der Waals surface area contributed by atoms with Gasteiger partial charge in [0.05, 0.1) is 16.5 Å². The summed E-state index contributed by atoms with van der Waals surface area (Å²) in [6, 6.07) is 4.02. The fourth-order valence-electron chi connectivity index (χ4n) is 2.48. The third-order valence-corrected chi connectivity index (χ3v) is 5.14. The number of halogens is 1. The molecule has 1 amide bonds. The van der Waals surface area contributed by atoms with Gasteiger partial charge in [-0.05, 0) is 53.2 Å². The maximum atomic E-state index is 14.4. The van der Waals surface area contributed by atoms with Crippen LogP contribution in [0.5, 0.6) is 0 Å². The third-order valence-electron chi connectivity index (χ3n) is 3.68. The lowest BCUT2D eigenvalue weighted by Crippen LogP contribution is -2.45. The lowest BCUT2D eigenvalue weighted by atomic mass is 9.90. The first-order valence-corrected chi connectivity index (χ1v) is 8.83. The summed E-state index contributed by atoms with van der Waals surface area (Å²) in [5.74, 6) is -0.450. The van der Waals surface area contributed by atoms with E-state index in [-0.39, 0.29) is 5.71 Å². The molecule has 0 radical (unpaired) electrons. The van der Waals surface area contributed by atoms with Crippen molar-refractivity contribution in [2.24, 2.45) is 4.40 Å². The van der Waals surface area contributed by atoms with Gasteiger partial charge in [0.15, 0.2) is 0 Å².